The van der Waals surface area contributed by atoms with E-state index in [1.54, 1.807) is 0 Å². The van der Waals surface area contributed by atoms with Gasteiger partial charge in [-0.15, -0.1) is 0 Å². The number of nitrogens with two attached hydrogens (primary N) is 1. The summed E-state index contributed by atoms with van der Waals surface area (Å²) in [5, 5.41) is 13.7. The highest BCUT2D eigenvalue weighted by Gasteiger charge is 2.01. The van der Waals surface area contributed by atoms with Crippen LogP contribution in [0.3, 0.4) is 0 Å². The first-order valence-electron chi connectivity index (χ1n) is 4.82. The maximum Gasteiger partial charge on any atom is 0.325 e. The van der Waals surface area contributed by atoms with Crippen LogP contribution in [-0.2, 0) is 4.79 Å². The van der Waals surface area contributed by atoms with E-state index in [1.165, 1.54) is 24.3 Å². The van der Waals surface area contributed by atoms with Crippen LogP contribution in [0.25, 0.3) is 0 Å². The van der Waals surface area contributed by atoms with Gasteiger partial charge in [-0.05, 0) is 36.5 Å². The van der Waals surface area contributed by atoms with Crippen LogP contribution in [0.2, 0.25) is 0 Å². The Kier molecular flexibility index (Phi) is 5.00. The van der Waals surface area contributed by atoms with Crippen LogP contribution in [0.15, 0.2) is 29.3 Å². The van der Waals surface area contributed by atoms with Crippen molar-refractivity contribution < 1.29 is 14.3 Å². The van der Waals surface area contributed by atoms with E-state index < -0.39 is 12.5 Å². The molecule has 0 saturated heterocycles. The third-order valence-corrected chi connectivity index (χ3v) is 1.93. The second-order valence-corrected chi connectivity index (χ2v) is 3.59. The van der Waals surface area contributed by atoms with Crippen LogP contribution in [0, 0.1) is 5.82 Å². The van der Waals surface area contributed by atoms with Gasteiger partial charge in [-0.1, -0.05) is 0 Å². The molecule has 6 nitrogen and oxygen atoms in total. The molecule has 1 rings (SSSR count). The van der Waals surface area contributed by atoms with E-state index in [2.05, 4.69) is 15.6 Å². The van der Waals surface area contributed by atoms with Crippen LogP contribution >= 0.6 is 12.2 Å². The molecule has 1 aromatic rings. The van der Waals surface area contributed by atoms with E-state index in [1.807, 2.05) is 0 Å². The molecule has 0 heterocycles. The number of hydrogen-bond acceptors (Lipinski definition) is 3. The van der Waals surface area contributed by atoms with E-state index in [0.717, 1.165) is 0 Å². The summed E-state index contributed by atoms with van der Waals surface area (Å²) < 4.78 is 12.6. The van der Waals surface area contributed by atoms with Gasteiger partial charge >= 0.3 is 5.97 Å². The molecule has 0 fully saturated rings. The maximum atomic E-state index is 12.6. The molecule has 0 amide bonds. The molecule has 8 heteroatoms. The fraction of sp³-hybridized carbons (Fsp3) is 0.100. The SMILES string of the molecule is NC(=NCC(=O)O)NC(=S)Nc1ccc(F)cc1. The predicted octanol–water partition coefficient (Wildman–Crippen LogP) is 0.511. The van der Waals surface area contributed by atoms with Crippen molar-refractivity contribution in [3.05, 3.63) is 30.1 Å². The maximum absolute atomic E-state index is 12.6. The van der Waals surface area contributed by atoms with Crippen molar-refractivity contribution in [2.24, 2.45) is 10.7 Å². The molecule has 0 spiro atoms. The summed E-state index contributed by atoms with van der Waals surface area (Å²) in [5.41, 5.74) is 5.96. The van der Waals surface area contributed by atoms with Crippen molar-refractivity contribution in [1.82, 2.24) is 5.32 Å². The summed E-state index contributed by atoms with van der Waals surface area (Å²) in [6.07, 6.45) is 0. The minimum atomic E-state index is -1.10. The summed E-state index contributed by atoms with van der Waals surface area (Å²) in [6.45, 7) is -0.446. The van der Waals surface area contributed by atoms with Gasteiger partial charge in [-0.3, -0.25) is 4.79 Å². The Morgan fingerprint density at radius 3 is 2.61 bits per heavy atom. The van der Waals surface area contributed by atoms with E-state index in [9.17, 15) is 9.18 Å². The Hall–Kier alpha value is -2.22. The lowest BCUT2D eigenvalue weighted by molar-refractivity contribution is -0.135. The van der Waals surface area contributed by atoms with Gasteiger partial charge in [0.25, 0.3) is 0 Å². The number of rotatable bonds is 3. The van der Waals surface area contributed by atoms with Gasteiger partial charge in [-0.2, -0.15) is 0 Å². The van der Waals surface area contributed by atoms with Gasteiger partial charge in [0.15, 0.2) is 11.1 Å². The average Bonchev–Trinajstić information content (AvgIpc) is 2.29. The van der Waals surface area contributed by atoms with Crippen LogP contribution in [0.4, 0.5) is 10.1 Å². The van der Waals surface area contributed by atoms with E-state index in [0.29, 0.717) is 5.69 Å². The molecular formula is C10H11FN4O2S. The Morgan fingerprint density at radius 2 is 2.06 bits per heavy atom. The number of aliphatic imine (C=N–C) groups is 1. The zero-order chi connectivity index (χ0) is 13.5. The molecule has 0 atom stereocenters. The first kappa shape index (κ1) is 13.8. The molecule has 18 heavy (non-hydrogen) atoms. The highest BCUT2D eigenvalue weighted by atomic mass is 32.1. The smallest absolute Gasteiger partial charge is 0.325 e. The van der Waals surface area contributed by atoms with Crippen molar-refractivity contribution in [1.29, 1.82) is 0 Å². The van der Waals surface area contributed by atoms with Gasteiger partial charge < -0.3 is 21.5 Å². The largest absolute Gasteiger partial charge is 0.480 e. The fourth-order valence-electron chi connectivity index (χ4n) is 1.00. The molecule has 96 valence electrons. The van der Waals surface area contributed by atoms with E-state index in [-0.39, 0.29) is 16.9 Å². The third-order valence-electron chi connectivity index (χ3n) is 1.73. The zero-order valence-corrected chi connectivity index (χ0v) is 10.00. The summed E-state index contributed by atoms with van der Waals surface area (Å²) >= 11 is 4.90. The Labute approximate surface area is 108 Å². The number of halogens is 1. The number of thiocarbonyl (C=S) groups is 1. The second-order valence-electron chi connectivity index (χ2n) is 3.18. The quantitative estimate of drug-likeness (QED) is 0.363. The fourth-order valence-corrected chi connectivity index (χ4v) is 1.23. The van der Waals surface area contributed by atoms with Crippen molar-refractivity contribution in [2.45, 2.75) is 0 Å². The van der Waals surface area contributed by atoms with Crippen molar-refractivity contribution in [3.8, 4) is 0 Å². The topological polar surface area (TPSA) is 99.7 Å². The minimum absolute atomic E-state index is 0.114. The highest BCUT2D eigenvalue weighted by Crippen LogP contribution is 2.07. The minimum Gasteiger partial charge on any atom is -0.480 e. The average molecular weight is 270 g/mol. The summed E-state index contributed by atoms with van der Waals surface area (Å²) in [6, 6.07) is 5.53. The number of nitrogens with zero attached hydrogens (tertiary/aromatic N) is 1. The number of guanidine groups is 1. The normalized spacial score (nSPS) is 10.8. The summed E-state index contributed by atoms with van der Waals surface area (Å²) in [4.78, 5) is 13.8. The lowest BCUT2D eigenvalue weighted by Gasteiger charge is -2.09. The first-order valence-corrected chi connectivity index (χ1v) is 5.23. The van der Waals surface area contributed by atoms with E-state index >= 15 is 0 Å². The van der Waals surface area contributed by atoms with E-state index in [4.69, 9.17) is 23.1 Å². The van der Waals surface area contributed by atoms with Crippen LogP contribution < -0.4 is 16.4 Å². The highest BCUT2D eigenvalue weighted by molar-refractivity contribution is 7.80. The Bertz CT molecular complexity index is 475. The zero-order valence-electron chi connectivity index (χ0n) is 9.18. The number of carboxylic acids is 1. The standard InChI is InChI=1S/C10H11FN4O2S/c11-6-1-3-7(4-2-6)14-10(18)15-9(12)13-5-8(16)17/h1-4H,5H2,(H,16,17)(H4,12,13,14,15,18). The molecule has 0 unspecified atom stereocenters. The molecule has 0 aliphatic heterocycles. The summed E-state index contributed by atoms with van der Waals surface area (Å²) in [7, 11) is 0. The number of anilines is 1. The van der Waals surface area contributed by atoms with Crippen LogP contribution in [-0.4, -0.2) is 28.7 Å². The lowest BCUT2D eigenvalue weighted by atomic mass is 10.3. The number of carboxylic acid groups (broad SMARTS) is 1. The van der Waals surface area contributed by atoms with Gasteiger partial charge in [0.1, 0.15) is 12.4 Å². The van der Waals surface area contributed by atoms with Gasteiger partial charge in [0.2, 0.25) is 0 Å². The molecule has 0 aliphatic carbocycles. The molecule has 0 aromatic heterocycles. The number of carbonyl (C=O) groups is 1. The monoisotopic (exact) mass is 270 g/mol. The summed E-state index contributed by atoms with van der Waals surface area (Å²) in [5.74, 6) is -1.57. The van der Waals surface area contributed by atoms with Gasteiger partial charge in [-0.25, -0.2) is 9.38 Å². The number of nitrogens with one attached hydrogen (secondary N) is 2. The lowest BCUT2D eigenvalue weighted by Crippen LogP contribution is -2.39. The number of aliphatic carboxylic acids is 1. The van der Waals surface area contributed by atoms with Crippen LogP contribution in [0.1, 0.15) is 0 Å². The predicted molar refractivity (Wildman–Crippen MR) is 69.9 cm³/mol. The molecule has 5 N–H and O–H groups in total. The molecule has 0 saturated carbocycles. The number of benzene rings is 1. The second kappa shape index (κ2) is 6.50. The molecule has 1 aromatic carbocycles. The van der Waals surface area contributed by atoms with Crippen molar-refractivity contribution in [3.63, 3.8) is 0 Å². The third kappa shape index (κ3) is 5.21. The Balaban J connectivity index is 2.49. The first-order chi connectivity index (χ1) is 8.47. The van der Waals surface area contributed by atoms with Crippen LogP contribution in [0.5, 0.6) is 0 Å². The number of hydrogen-bond donors (Lipinski definition) is 4. The van der Waals surface area contributed by atoms with Gasteiger partial charge in [0, 0.05) is 5.69 Å². The molecule has 0 aliphatic rings. The van der Waals surface area contributed by atoms with Gasteiger partial charge in [0.05, 0.1) is 0 Å². The Morgan fingerprint density at radius 1 is 1.44 bits per heavy atom. The van der Waals surface area contributed by atoms with Crippen molar-refractivity contribution in [2.75, 3.05) is 11.9 Å². The molecule has 0 bridgehead atoms. The molecule has 0 radical (unpaired) electrons. The van der Waals surface area contributed by atoms with Crippen molar-refractivity contribution >= 4 is 34.9 Å². The molecular weight excluding hydrogens is 259 g/mol.